The fraction of sp³-hybridized carbons (Fsp3) is 0.286. The zero-order chi connectivity index (χ0) is 24.4. The Hall–Kier alpha value is -3.38. The van der Waals surface area contributed by atoms with Crippen LogP contribution >= 0.6 is 11.6 Å². The van der Waals surface area contributed by atoms with Crippen molar-refractivity contribution in [1.29, 1.82) is 0 Å². The molecule has 2 saturated heterocycles. The van der Waals surface area contributed by atoms with Crippen LogP contribution in [0.2, 0.25) is 5.02 Å². The van der Waals surface area contributed by atoms with Crippen LogP contribution in [0.15, 0.2) is 72.8 Å². The van der Waals surface area contributed by atoms with Crippen LogP contribution in [-0.2, 0) is 11.4 Å². The second kappa shape index (κ2) is 9.70. The second-order valence-corrected chi connectivity index (χ2v) is 9.64. The van der Waals surface area contributed by atoms with Crippen LogP contribution in [0.5, 0.6) is 5.75 Å². The summed E-state index contributed by atoms with van der Waals surface area (Å²) in [5.74, 6) is 0.352. The molecule has 0 saturated carbocycles. The van der Waals surface area contributed by atoms with Gasteiger partial charge in [-0.2, -0.15) is 0 Å². The molecule has 3 aromatic rings. The molecule has 0 N–H and O–H groups in total. The average molecular weight is 493 g/mol. The average Bonchev–Trinajstić information content (AvgIpc) is 3.19. The lowest BCUT2D eigenvalue weighted by Crippen LogP contribution is -2.46. The Morgan fingerprint density at radius 1 is 0.943 bits per heavy atom. The molecular formula is C28H26ClFN2O3. The lowest BCUT2D eigenvalue weighted by molar-refractivity contribution is -0.127. The van der Waals surface area contributed by atoms with Crippen LogP contribution in [0.3, 0.4) is 0 Å². The van der Waals surface area contributed by atoms with E-state index in [9.17, 15) is 14.0 Å². The smallest absolute Gasteiger partial charge is 0.253 e. The SMILES string of the molecule is O=C(c1cccc(OCc2ccc(F)cc2)c1)N1CCC2(CC1)CCN(c1cccc(Cl)c1)C2=O. The Kier molecular flexibility index (Phi) is 6.48. The lowest BCUT2D eigenvalue weighted by Gasteiger charge is -2.38. The molecule has 2 amide bonds. The molecule has 5 nitrogen and oxygen atoms in total. The molecule has 0 radical (unpaired) electrons. The molecule has 1 spiro atoms. The minimum atomic E-state index is -0.417. The molecule has 0 aromatic heterocycles. The zero-order valence-corrected chi connectivity index (χ0v) is 20.0. The maximum Gasteiger partial charge on any atom is 0.253 e. The third-order valence-electron chi connectivity index (χ3n) is 7.04. The summed E-state index contributed by atoms with van der Waals surface area (Å²) in [6.07, 6.45) is 2.08. The molecule has 2 aliphatic rings. The van der Waals surface area contributed by atoms with Crippen molar-refractivity contribution >= 4 is 29.1 Å². The fourth-order valence-corrected chi connectivity index (χ4v) is 5.15. The Morgan fingerprint density at radius 3 is 2.40 bits per heavy atom. The highest BCUT2D eigenvalue weighted by Crippen LogP contribution is 2.43. The molecule has 2 aliphatic heterocycles. The van der Waals surface area contributed by atoms with Gasteiger partial charge in [-0.1, -0.05) is 35.9 Å². The van der Waals surface area contributed by atoms with Crippen molar-refractivity contribution in [3.63, 3.8) is 0 Å². The summed E-state index contributed by atoms with van der Waals surface area (Å²) in [4.78, 5) is 30.2. The normalized spacial score (nSPS) is 17.1. The molecule has 2 fully saturated rings. The van der Waals surface area contributed by atoms with Gasteiger partial charge in [-0.25, -0.2) is 4.39 Å². The number of piperidine rings is 1. The first kappa shape index (κ1) is 23.4. The molecule has 35 heavy (non-hydrogen) atoms. The summed E-state index contributed by atoms with van der Waals surface area (Å²) < 4.78 is 18.9. The third kappa shape index (κ3) is 4.89. The number of anilines is 1. The van der Waals surface area contributed by atoms with Gasteiger partial charge >= 0.3 is 0 Å². The van der Waals surface area contributed by atoms with E-state index in [1.54, 1.807) is 42.5 Å². The molecule has 7 heteroatoms. The van der Waals surface area contributed by atoms with Gasteiger partial charge in [0.2, 0.25) is 5.91 Å². The number of halogens is 2. The number of hydrogen-bond donors (Lipinski definition) is 0. The van der Waals surface area contributed by atoms with E-state index in [1.165, 1.54) is 12.1 Å². The molecule has 2 heterocycles. The van der Waals surface area contributed by atoms with E-state index >= 15 is 0 Å². The summed E-state index contributed by atoms with van der Waals surface area (Å²) in [5, 5.41) is 0.612. The minimum Gasteiger partial charge on any atom is -0.489 e. The monoisotopic (exact) mass is 492 g/mol. The first-order chi connectivity index (χ1) is 16.9. The van der Waals surface area contributed by atoms with Crippen molar-refractivity contribution < 1.29 is 18.7 Å². The van der Waals surface area contributed by atoms with E-state index in [0.717, 1.165) is 17.7 Å². The lowest BCUT2D eigenvalue weighted by atomic mass is 9.77. The van der Waals surface area contributed by atoms with Gasteiger partial charge < -0.3 is 14.5 Å². The molecule has 0 bridgehead atoms. The van der Waals surface area contributed by atoms with E-state index in [0.29, 0.717) is 48.8 Å². The Morgan fingerprint density at radius 2 is 1.66 bits per heavy atom. The van der Waals surface area contributed by atoms with Crippen molar-refractivity contribution in [2.45, 2.75) is 25.9 Å². The van der Waals surface area contributed by atoms with Gasteiger partial charge in [-0.05, 0) is 73.4 Å². The molecular weight excluding hydrogens is 467 g/mol. The van der Waals surface area contributed by atoms with Crippen molar-refractivity contribution in [3.8, 4) is 5.75 Å². The van der Waals surface area contributed by atoms with Crippen molar-refractivity contribution in [3.05, 3.63) is 94.8 Å². The molecule has 0 atom stereocenters. The third-order valence-corrected chi connectivity index (χ3v) is 7.28. The van der Waals surface area contributed by atoms with Gasteiger partial charge in [0.25, 0.3) is 5.91 Å². The summed E-state index contributed by atoms with van der Waals surface area (Å²) in [6.45, 7) is 2.03. The van der Waals surface area contributed by atoms with Crippen LogP contribution in [0.25, 0.3) is 0 Å². The summed E-state index contributed by atoms with van der Waals surface area (Å²) in [7, 11) is 0. The van der Waals surface area contributed by atoms with Crippen LogP contribution in [0.1, 0.15) is 35.2 Å². The van der Waals surface area contributed by atoms with Crippen molar-refractivity contribution in [1.82, 2.24) is 4.90 Å². The van der Waals surface area contributed by atoms with Crippen molar-refractivity contribution in [2.75, 3.05) is 24.5 Å². The van der Waals surface area contributed by atoms with Gasteiger partial charge in [-0.15, -0.1) is 0 Å². The number of benzene rings is 3. The molecule has 0 unspecified atom stereocenters. The van der Waals surface area contributed by atoms with E-state index in [1.807, 2.05) is 28.0 Å². The maximum absolute atomic E-state index is 13.3. The van der Waals surface area contributed by atoms with Gasteiger partial charge in [0.1, 0.15) is 18.2 Å². The molecule has 0 aliphatic carbocycles. The van der Waals surface area contributed by atoms with E-state index in [-0.39, 0.29) is 24.2 Å². The first-order valence-electron chi connectivity index (χ1n) is 11.8. The van der Waals surface area contributed by atoms with Gasteiger partial charge in [0.05, 0.1) is 5.41 Å². The summed E-state index contributed by atoms with van der Waals surface area (Å²) in [5.41, 5.74) is 1.81. The van der Waals surface area contributed by atoms with E-state index in [2.05, 4.69) is 0 Å². The molecule has 180 valence electrons. The molecule has 5 rings (SSSR count). The maximum atomic E-state index is 13.3. The highest BCUT2D eigenvalue weighted by atomic mass is 35.5. The largest absolute Gasteiger partial charge is 0.489 e. The Balaban J connectivity index is 1.20. The minimum absolute atomic E-state index is 0.0655. The summed E-state index contributed by atoms with van der Waals surface area (Å²) >= 11 is 6.12. The highest BCUT2D eigenvalue weighted by Gasteiger charge is 2.49. The number of amides is 2. The summed E-state index contributed by atoms with van der Waals surface area (Å²) in [6, 6.07) is 20.6. The number of rotatable bonds is 5. The van der Waals surface area contributed by atoms with Gasteiger partial charge in [-0.3, -0.25) is 9.59 Å². The quantitative estimate of drug-likeness (QED) is 0.458. The Labute approximate surface area is 209 Å². The highest BCUT2D eigenvalue weighted by molar-refractivity contribution is 6.31. The fourth-order valence-electron chi connectivity index (χ4n) is 4.96. The van der Waals surface area contributed by atoms with E-state index < -0.39 is 5.41 Å². The molecule has 3 aromatic carbocycles. The first-order valence-corrected chi connectivity index (χ1v) is 12.2. The van der Waals surface area contributed by atoms with Gasteiger partial charge in [0, 0.05) is 35.9 Å². The van der Waals surface area contributed by atoms with Crippen LogP contribution in [0, 0.1) is 11.2 Å². The topological polar surface area (TPSA) is 49.9 Å². The number of carbonyl (C=O) groups excluding carboxylic acids is 2. The Bertz CT molecular complexity index is 1240. The van der Waals surface area contributed by atoms with E-state index in [4.69, 9.17) is 16.3 Å². The number of hydrogen-bond acceptors (Lipinski definition) is 3. The van der Waals surface area contributed by atoms with Crippen LogP contribution in [-0.4, -0.2) is 36.3 Å². The van der Waals surface area contributed by atoms with Gasteiger partial charge in [0.15, 0.2) is 0 Å². The number of carbonyl (C=O) groups is 2. The number of likely N-dealkylation sites (tertiary alicyclic amines) is 1. The predicted molar refractivity (Wildman–Crippen MR) is 133 cm³/mol. The zero-order valence-electron chi connectivity index (χ0n) is 19.3. The predicted octanol–water partition coefficient (Wildman–Crippen LogP) is 5.72. The number of nitrogens with zero attached hydrogens (tertiary/aromatic N) is 2. The standard InChI is InChI=1S/C28H26ClFN2O3/c29-22-4-2-5-24(18-22)32-16-13-28(27(32)34)11-14-31(15-12-28)26(33)21-3-1-6-25(17-21)35-19-20-7-9-23(30)10-8-20/h1-10,17-18H,11-16,19H2. The van der Waals surface area contributed by atoms with Crippen molar-refractivity contribution in [2.24, 2.45) is 5.41 Å². The second-order valence-electron chi connectivity index (χ2n) is 9.20. The number of ether oxygens (including phenoxy) is 1. The van der Waals surface area contributed by atoms with Crippen LogP contribution < -0.4 is 9.64 Å². The van der Waals surface area contributed by atoms with Crippen LogP contribution in [0.4, 0.5) is 10.1 Å².